The van der Waals surface area contributed by atoms with Crippen LogP contribution in [0.25, 0.3) is 0 Å². The first-order chi connectivity index (χ1) is 14.2. The summed E-state index contributed by atoms with van der Waals surface area (Å²) >= 11 is 0. The molecule has 0 N–H and O–H groups in total. The van der Waals surface area contributed by atoms with Gasteiger partial charge in [0.2, 0.25) is 0 Å². The van der Waals surface area contributed by atoms with Gasteiger partial charge in [0.05, 0.1) is 0 Å². The summed E-state index contributed by atoms with van der Waals surface area (Å²) in [6.07, 6.45) is 16.0. The monoisotopic (exact) mass is 405 g/mol. The van der Waals surface area contributed by atoms with Crippen LogP contribution in [0.4, 0.5) is 0 Å². The van der Waals surface area contributed by atoms with Crippen LogP contribution >= 0.6 is 0 Å². The van der Waals surface area contributed by atoms with Crippen LogP contribution in [0.5, 0.6) is 0 Å². The lowest BCUT2D eigenvalue weighted by Crippen LogP contribution is -2.38. The third kappa shape index (κ3) is 2.93. The minimum Gasteiger partial charge on any atom is -0.485 e. The Morgan fingerprint density at radius 2 is 1.90 bits per heavy atom. The molecule has 162 valence electrons. The van der Waals surface area contributed by atoms with Crippen molar-refractivity contribution in [2.75, 3.05) is 7.05 Å². The lowest BCUT2D eigenvalue weighted by Gasteiger charge is -2.35. The van der Waals surface area contributed by atoms with Gasteiger partial charge in [0.15, 0.2) is 0 Å². The molecule has 0 spiro atoms. The van der Waals surface area contributed by atoms with Crippen molar-refractivity contribution in [1.29, 1.82) is 0 Å². The highest BCUT2D eigenvalue weighted by Crippen LogP contribution is 2.53. The Kier molecular flexibility index (Phi) is 4.74. The molecule has 5 unspecified atom stereocenters. The van der Waals surface area contributed by atoms with Crippen LogP contribution in [-0.2, 0) is 4.74 Å². The van der Waals surface area contributed by atoms with Crippen LogP contribution in [0.3, 0.4) is 0 Å². The molecule has 0 saturated carbocycles. The van der Waals surface area contributed by atoms with Crippen LogP contribution in [0.2, 0.25) is 0 Å². The van der Waals surface area contributed by atoms with Crippen molar-refractivity contribution >= 4 is 0 Å². The number of hydrogen-bond donors (Lipinski definition) is 0. The van der Waals surface area contributed by atoms with E-state index in [9.17, 15) is 0 Å². The number of rotatable bonds is 1. The second-order valence-corrected chi connectivity index (χ2v) is 11.6. The Balaban J connectivity index is 1.58. The molecule has 0 radical (unpaired) electrons. The fourth-order valence-corrected chi connectivity index (χ4v) is 7.05. The largest absolute Gasteiger partial charge is 0.485 e. The van der Waals surface area contributed by atoms with E-state index in [0.717, 1.165) is 5.92 Å². The molecule has 5 rings (SSSR count). The molecule has 30 heavy (non-hydrogen) atoms. The third-order valence-electron chi connectivity index (χ3n) is 8.58. The van der Waals surface area contributed by atoms with Crippen molar-refractivity contribution in [1.82, 2.24) is 4.90 Å². The number of allylic oxidation sites excluding steroid dienone is 5. The average molecular weight is 406 g/mol. The predicted octanol–water partition coefficient (Wildman–Crippen LogP) is 6.44. The Hall–Kier alpha value is -1.54. The van der Waals surface area contributed by atoms with E-state index in [1.165, 1.54) is 41.7 Å². The summed E-state index contributed by atoms with van der Waals surface area (Å²) in [5.74, 6) is 3.65. The second-order valence-electron chi connectivity index (χ2n) is 11.6. The van der Waals surface area contributed by atoms with Gasteiger partial charge >= 0.3 is 0 Å². The first-order valence-corrected chi connectivity index (χ1v) is 12.1. The molecule has 2 aliphatic heterocycles. The molecule has 0 bridgehead atoms. The van der Waals surface area contributed by atoms with Crippen molar-refractivity contribution in [3.63, 3.8) is 0 Å². The van der Waals surface area contributed by atoms with E-state index in [0.29, 0.717) is 29.8 Å². The van der Waals surface area contributed by atoms with Gasteiger partial charge in [0.1, 0.15) is 11.9 Å². The molecule has 2 nitrogen and oxygen atoms in total. The minimum absolute atomic E-state index is 0.161. The Bertz CT molecular complexity index is 892. The van der Waals surface area contributed by atoms with Gasteiger partial charge in [-0.2, -0.15) is 0 Å². The molecular formula is C28H39NO. The fourth-order valence-electron chi connectivity index (χ4n) is 7.05. The first kappa shape index (κ1) is 20.4. The number of likely N-dealkylation sites (tertiary alicyclic amines) is 1. The number of nitrogens with zero attached hydrogens (tertiary/aromatic N) is 1. The van der Waals surface area contributed by atoms with Gasteiger partial charge in [-0.25, -0.2) is 0 Å². The standard InChI is InChI=1S/C28H39NO/c1-16-14-17(2)25(26-18(3)20-10-8-9-11-22(20)29(26)7)27-24(16)21-13-12-19(28(4,5)6)15-23(21)30-27/h9,11-13,15,17-18,20-23,26H,8,10,14H2,1-7H3/t17?,18-,20?,21?,22?,23?,26+/m1/s1. The lowest BCUT2D eigenvalue weighted by atomic mass is 9.72. The van der Waals surface area contributed by atoms with Crippen molar-refractivity contribution in [3.8, 4) is 0 Å². The highest BCUT2D eigenvalue weighted by molar-refractivity contribution is 5.52. The number of hydrogen-bond acceptors (Lipinski definition) is 2. The molecule has 0 aromatic heterocycles. The molecule has 0 amide bonds. The van der Waals surface area contributed by atoms with Gasteiger partial charge in [-0.1, -0.05) is 64.5 Å². The van der Waals surface area contributed by atoms with E-state index in [2.05, 4.69) is 83.9 Å². The van der Waals surface area contributed by atoms with Crippen LogP contribution in [0, 0.1) is 29.1 Å². The normalized spacial score (nSPS) is 40.9. The van der Waals surface area contributed by atoms with Crippen LogP contribution < -0.4 is 0 Å². The summed E-state index contributed by atoms with van der Waals surface area (Å²) in [7, 11) is 2.35. The summed E-state index contributed by atoms with van der Waals surface area (Å²) in [6, 6.07) is 1.08. The quantitative estimate of drug-likeness (QED) is 0.466. The lowest BCUT2D eigenvalue weighted by molar-refractivity contribution is 0.168. The average Bonchev–Trinajstić information content (AvgIpc) is 3.18. The zero-order valence-corrected chi connectivity index (χ0v) is 19.9. The summed E-state index contributed by atoms with van der Waals surface area (Å²) < 4.78 is 6.86. The Morgan fingerprint density at radius 3 is 2.60 bits per heavy atom. The fraction of sp³-hybridized carbons (Fsp3) is 0.643. The smallest absolute Gasteiger partial charge is 0.128 e. The Morgan fingerprint density at radius 1 is 1.13 bits per heavy atom. The maximum absolute atomic E-state index is 6.86. The molecule has 2 heterocycles. The summed E-state index contributed by atoms with van der Waals surface area (Å²) in [5, 5.41) is 0. The van der Waals surface area contributed by atoms with Crippen molar-refractivity contribution in [2.45, 2.75) is 79.0 Å². The minimum atomic E-state index is 0.161. The summed E-state index contributed by atoms with van der Waals surface area (Å²) in [5.41, 5.74) is 6.19. The molecule has 3 aliphatic carbocycles. The summed E-state index contributed by atoms with van der Waals surface area (Å²) in [4.78, 5) is 2.67. The van der Waals surface area contributed by atoms with E-state index in [-0.39, 0.29) is 11.5 Å². The number of likely N-dealkylation sites (N-methyl/N-ethyl adjacent to an activating group) is 1. The number of fused-ring (bicyclic) bond motifs is 4. The summed E-state index contributed by atoms with van der Waals surface area (Å²) in [6.45, 7) is 14.2. The van der Waals surface area contributed by atoms with Gasteiger partial charge < -0.3 is 4.74 Å². The van der Waals surface area contributed by atoms with E-state index in [1.807, 2.05) is 0 Å². The maximum Gasteiger partial charge on any atom is 0.128 e. The Labute approximate surface area is 183 Å². The third-order valence-corrected chi connectivity index (χ3v) is 8.58. The topological polar surface area (TPSA) is 12.5 Å². The molecule has 0 aromatic rings. The molecule has 2 heteroatoms. The van der Waals surface area contributed by atoms with Gasteiger partial charge in [0.25, 0.3) is 0 Å². The van der Waals surface area contributed by atoms with E-state index >= 15 is 0 Å². The van der Waals surface area contributed by atoms with E-state index in [4.69, 9.17) is 4.74 Å². The molecule has 5 aliphatic rings. The van der Waals surface area contributed by atoms with E-state index in [1.54, 1.807) is 5.57 Å². The highest BCUT2D eigenvalue weighted by Gasteiger charge is 2.50. The zero-order chi connectivity index (χ0) is 21.4. The highest BCUT2D eigenvalue weighted by atomic mass is 16.5. The van der Waals surface area contributed by atoms with Crippen molar-refractivity contribution in [3.05, 3.63) is 58.4 Å². The van der Waals surface area contributed by atoms with Crippen LogP contribution in [-0.4, -0.2) is 30.1 Å². The van der Waals surface area contributed by atoms with Crippen LogP contribution in [0.15, 0.2) is 58.4 Å². The SMILES string of the molecule is CC1=C2C(=C([C@@H]3[C@H](C)C4CCC=CC4N3C)C(C)C1)OC1C=C(C(C)(C)C)C=CC21. The van der Waals surface area contributed by atoms with Gasteiger partial charge in [-0.15, -0.1) is 0 Å². The van der Waals surface area contributed by atoms with Gasteiger partial charge in [0, 0.05) is 23.6 Å². The van der Waals surface area contributed by atoms with Gasteiger partial charge in [-0.05, 0) is 73.6 Å². The molecule has 2 saturated heterocycles. The maximum atomic E-state index is 6.86. The molecular weight excluding hydrogens is 366 g/mol. The molecule has 2 fully saturated rings. The number of ether oxygens (including phenoxy) is 1. The first-order valence-electron chi connectivity index (χ1n) is 12.1. The van der Waals surface area contributed by atoms with Crippen molar-refractivity contribution < 1.29 is 4.74 Å². The van der Waals surface area contributed by atoms with Crippen LogP contribution in [0.1, 0.15) is 60.8 Å². The zero-order valence-electron chi connectivity index (χ0n) is 19.9. The second kappa shape index (κ2) is 6.99. The van der Waals surface area contributed by atoms with Gasteiger partial charge in [-0.3, -0.25) is 4.90 Å². The molecule has 7 atom stereocenters. The molecule has 0 aromatic carbocycles. The van der Waals surface area contributed by atoms with Crippen molar-refractivity contribution in [2.24, 2.45) is 29.1 Å². The predicted molar refractivity (Wildman–Crippen MR) is 125 cm³/mol. The van der Waals surface area contributed by atoms with E-state index < -0.39 is 0 Å².